The highest BCUT2D eigenvalue weighted by Crippen LogP contribution is 2.26. The lowest BCUT2D eigenvalue weighted by Gasteiger charge is -2.11. The van der Waals surface area contributed by atoms with Gasteiger partial charge < -0.3 is 14.6 Å². The molecule has 0 unspecified atom stereocenters. The van der Waals surface area contributed by atoms with Crippen molar-refractivity contribution >= 4 is 35.3 Å². The monoisotopic (exact) mass is 438 g/mol. The highest BCUT2D eigenvalue weighted by molar-refractivity contribution is 6.39. The average Bonchev–Trinajstić information content (AvgIpc) is 3.03. The lowest BCUT2D eigenvalue weighted by atomic mass is 10.2. The first-order valence-electron chi connectivity index (χ1n) is 9.72. The molecule has 0 saturated heterocycles. The molecule has 0 bridgehead atoms. The summed E-state index contributed by atoms with van der Waals surface area (Å²) in [6, 6.07) is 16.3. The normalized spacial score (nSPS) is 10.8. The Bertz CT molecular complexity index is 1140. The molecule has 160 valence electrons. The highest BCUT2D eigenvalue weighted by atomic mass is 35.5. The van der Waals surface area contributed by atoms with Crippen molar-refractivity contribution in [3.05, 3.63) is 76.6 Å². The molecule has 0 radical (unpaired) electrons. The largest absolute Gasteiger partial charge is 0.492 e. The minimum absolute atomic E-state index is 0.414. The van der Waals surface area contributed by atoms with E-state index >= 15 is 0 Å². The maximum Gasteiger partial charge on any atom is 0.329 e. The number of hydrogen-bond acceptors (Lipinski definition) is 4. The van der Waals surface area contributed by atoms with Crippen molar-refractivity contribution in [2.45, 2.75) is 20.8 Å². The quantitative estimate of drug-likeness (QED) is 0.343. The standard InChI is InChI=1S/C23H23ClN4O3/c1-4-31-21-12-8-6-10-19(21)26-22(29)23(30)27-25-14-17-13-15(2)28(16(17)3)20-11-7-5-9-18(20)24/h5-14H,4H2,1-3H3,(H,26,29)(H,27,30)/b25-14-. The van der Waals surface area contributed by atoms with E-state index in [1.165, 1.54) is 6.21 Å². The van der Waals surface area contributed by atoms with Crippen molar-refractivity contribution in [2.75, 3.05) is 11.9 Å². The summed E-state index contributed by atoms with van der Waals surface area (Å²) in [4.78, 5) is 24.3. The molecule has 3 rings (SSSR count). The van der Waals surface area contributed by atoms with Crippen LogP contribution in [0, 0.1) is 13.8 Å². The molecule has 1 heterocycles. The van der Waals surface area contributed by atoms with E-state index in [1.807, 2.05) is 55.7 Å². The fourth-order valence-electron chi connectivity index (χ4n) is 3.16. The Morgan fingerprint density at radius 3 is 2.55 bits per heavy atom. The van der Waals surface area contributed by atoms with Gasteiger partial charge in [-0.3, -0.25) is 9.59 Å². The number of aromatic nitrogens is 1. The molecule has 0 aliphatic heterocycles. The molecule has 2 N–H and O–H groups in total. The van der Waals surface area contributed by atoms with Gasteiger partial charge in [0.15, 0.2) is 0 Å². The zero-order chi connectivity index (χ0) is 22.4. The summed E-state index contributed by atoms with van der Waals surface area (Å²) in [5.74, 6) is -1.24. The minimum Gasteiger partial charge on any atom is -0.492 e. The maximum absolute atomic E-state index is 12.2. The number of halogens is 1. The van der Waals surface area contributed by atoms with Gasteiger partial charge in [-0.05, 0) is 51.1 Å². The summed E-state index contributed by atoms with van der Waals surface area (Å²) in [7, 11) is 0. The number of hydrogen-bond donors (Lipinski definition) is 2. The molecule has 7 nitrogen and oxygen atoms in total. The van der Waals surface area contributed by atoms with Gasteiger partial charge in [0.25, 0.3) is 0 Å². The number of carbonyl (C=O) groups excluding carboxylic acids is 2. The molecule has 0 atom stereocenters. The van der Waals surface area contributed by atoms with Crippen LogP contribution in [0.4, 0.5) is 5.69 Å². The molecule has 31 heavy (non-hydrogen) atoms. The smallest absolute Gasteiger partial charge is 0.329 e. The van der Waals surface area contributed by atoms with Crippen LogP contribution >= 0.6 is 11.6 Å². The van der Waals surface area contributed by atoms with Crippen molar-refractivity contribution in [1.29, 1.82) is 0 Å². The van der Waals surface area contributed by atoms with Crippen molar-refractivity contribution < 1.29 is 14.3 Å². The van der Waals surface area contributed by atoms with Crippen molar-refractivity contribution in [2.24, 2.45) is 5.10 Å². The van der Waals surface area contributed by atoms with E-state index in [9.17, 15) is 9.59 Å². The number of nitrogens with one attached hydrogen (secondary N) is 2. The lowest BCUT2D eigenvalue weighted by Crippen LogP contribution is -2.32. The number of carbonyl (C=O) groups is 2. The van der Waals surface area contributed by atoms with Gasteiger partial charge in [0.1, 0.15) is 5.75 Å². The van der Waals surface area contributed by atoms with Crippen LogP contribution in [0.15, 0.2) is 59.7 Å². The molecule has 1 aromatic heterocycles. The molecule has 0 aliphatic rings. The highest BCUT2D eigenvalue weighted by Gasteiger charge is 2.16. The first-order chi connectivity index (χ1) is 14.9. The van der Waals surface area contributed by atoms with Crippen LogP contribution in [0.1, 0.15) is 23.9 Å². The molecular weight excluding hydrogens is 416 g/mol. The number of aryl methyl sites for hydroxylation is 1. The predicted molar refractivity (Wildman–Crippen MR) is 122 cm³/mol. The fraction of sp³-hybridized carbons (Fsp3) is 0.174. The molecule has 0 spiro atoms. The lowest BCUT2D eigenvalue weighted by molar-refractivity contribution is -0.136. The van der Waals surface area contributed by atoms with Gasteiger partial charge in [-0.25, -0.2) is 5.43 Å². The third-order valence-electron chi connectivity index (χ3n) is 4.57. The number of para-hydroxylation sites is 3. The van der Waals surface area contributed by atoms with Crippen LogP contribution in [-0.4, -0.2) is 29.2 Å². The predicted octanol–water partition coefficient (Wildman–Crippen LogP) is 4.24. The van der Waals surface area contributed by atoms with Gasteiger partial charge in [-0.15, -0.1) is 0 Å². The van der Waals surface area contributed by atoms with Crippen LogP contribution in [0.25, 0.3) is 5.69 Å². The molecule has 0 fully saturated rings. The molecule has 0 saturated carbocycles. The van der Waals surface area contributed by atoms with E-state index in [1.54, 1.807) is 24.3 Å². The van der Waals surface area contributed by atoms with Crippen LogP contribution in [0.5, 0.6) is 5.75 Å². The zero-order valence-corrected chi connectivity index (χ0v) is 18.2. The summed E-state index contributed by atoms with van der Waals surface area (Å²) >= 11 is 6.33. The van der Waals surface area contributed by atoms with E-state index in [2.05, 4.69) is 15.8 Å². The third kappa shape index (κ3) is 5.13. The molecule has 3 aromatic rings. The van der Waals surface area contributed by atoms with Gasteiger partial charge in [-0.2, -0.15) is 5.10 Å². The van der Waals surface area contributed by atoms with E-state index in [0.717, 1.165) is 22.6 Å². The summed E-state index contributed by atoms with van der Waals surface area (Å²) < 4.78 is 7.44. The van der Waals surface area contributed by atoms with E-state index in [0.29, 0.717) is 23.1 Å². The maximum atomic E-state index is 12.2. The number of anilines is 1. The van der Waals surface area contributed by atoms with Crippen molar-refractivity contribution in [3.8, 4) is 11.4 Å². The van der Waals surface area contributed by atoms with Crippen LogP contribution in [-0.2, 0) is 9.59 Å². The van der Waals surface area contributed by atoms with E-state index in [4.69, 9.17) is 16.3 Å². The minimum atomic E-state index is -0.887. The van der Waals surface area contributed by atoms with Gasteiger partial charge in [0.05, 0.1) is 29.2 Å². The summed E-state index contributed by atoms with van der Waals surface area (Å²) in [6.45, 7) is 6.16. The molecular formula is C23H23ClN4O3. The second kappa shape index (κ2) is 9.95. The number of benzene rings is 2. The Balaban J connectivity index is 1.68. The van der Waals surface area contributed by atoms with Gasteiger partial charge in [-0.1, -0.05) is 35.9 Å². The first-order valence-corrected chi connectivity index (χ1v) is 10.1. The molecule has 8 heteroatoms. The van der Waals surface area contributed by atoms with Crippen molar-refractivity contribution in [1.82, 2.24) is 9.99 Å². The molecule has 0 aliphatic carbocycles. The third-order valence-corrected chi connectivity index (χ3v) is 4.89. The van der Waals surface area contributed by atoms with Crippen LogP contribution in [0.2, 0.25) is 5.02 Å². The Morgan fingerprint density at radius 1 is 1.10 bits per heavy atom. The number of amides is 2. The zero-order valence-electron chi connectivity index (χ0n) is 17.5. The number of ether oxygens (including phenoxy) is 1. The summed E-state index contributed by atoms with van der Waals surface area (Å²) in [5.41, 5.74) is 6.18. The van der Waals surface area contributed by atoms with E-state index < -0.39 is 11.8 Å². The SMILES string of the molecule is CCOc1ccccc1NC(=O)C(=O)N/N=C\c1cc(C)n(-c2ccccc2Cl)c1C. The summed E-state index contributed by atoms with van der Waals surface area (Å²) in [6.07, 6.45) is 1.50. The number of hydrazone groups is 1. The van der Waals surface area contributed by atoms with Gasteiger partial charge >= 0.3 is 11.8 Å². The van der Waals surface area contributed by atoms with Crippen LogP contribution < -0.4 is 15.5 Å². The van der Waals surface area contributed by atoms with Crippen molar-refractivity contribution in [3.63, 3.8) is 0 Å². The van der Waals surface area contributed by atoms with E-state index in [-0.39, 0.29) is 0 Å². The topological polar surface area (TPSA) is 84.7 Å². The Kier molecular flexibility index (Phi) is 7.10. The molecule has 2 aromatic carbocycles. The first kappa shape index (κ1) is 22.1. The second-order valence-corrected chi connectivity index (χ2v) is 7.10. The van der Waals surface area contributed by atoms with Gasteiger partial charge in [0.2, 0.25) is 0 Å². The number of rotatable bonds is 6. The van der Waals surface area contributed by atoms with Crippen LogP contribution in [0.3, 0.4) is 0 Å². The Labute approximate surface area is 185 Å². The number of nitrogens with zero attached hydrogens (tertiary/aromatic N) is 2. The Morgan fingerprint density at radius 2 is 1.81 bits per heavy atom. The summed E-state index contributed by atoms with van der Waals surface area (Å²) in [5, 5.41) is 7.09. The second-order valence-electron chi connectivity index (χ2n) is 6.70. The molecule has 2 amide bonds. The fourth-order valence-corrected chi connectivity index (χ4v) is 3.38. The Hall–Kier alpha value is -3.58. The van der Waals surface area contributed by atoms with Gasteiger partial charge in [0, 0.05) is 17.0 Å². The average molecular weight is 439 g/mol.